The zero-order valence-corrected chi connectivity index (χ0v) is 17.8. The summed E-state index contributed by atoms with van der Waals surface area (Å²) in [4.78, 5) is 17.1. The summed E-state index contributed by atoms with van der Waals surface area (Å²) in [6.07, 6.45) is 0. The van der Waals surface area contributed by atoms with Crippen LogP contribution in [-0.2, 0) is 6.54 Å². The fourth-order valence-electron chi connectivity index (χ4n) is 4.20. The molecule has 0 bridgehead atoms. The number of carbonyl (C=O) groups excluding carboxylic acids is 1. The molecule has 0 saturated carbocycles. The van der Waals surface area contributed by atoms with Crippen LogP contribution in [0.3, 0.4) is 0 Å². The number of benzene rings is 3. The molecule has 2 heterocycles. The Kier molecular flexibility index (Phi) is 5.59. The molecule has 1 atom stereocenters. The van der Waals surface area contributed by atoms with Gasteiger partial charge in [-0.1, -0.05) is 35.5 Å². The summed E-state index contributed by atoms with van der Waals surface area (Å²) in [5.41, 5.74) is 2.95. The van der Waals surface area contributed by atoms with Crippen LogP contribution in [0.2, 0.25) is 0 Å². The molecular weight excluding hydrogens is 419 g/mol. The van der Waals surface area contributed by atoms with E-state index in [4.69, 9.17) is 4.52 Å². The van der Waals surface area contributed by atoms with Crippen LogP contribution >= 0.6 is 0 Å². The Morgan fingerprint density at radius 3 is 2.64 bits per heavy atom. The summed E-state index contributed by atoms with van der Waals surface area (Å²) in [5.74, 6) is 0.0156. The maximum absolute atomic E-state index is 13.3. The Morgan fingerprint density at radius 1 is 1.09 bits per heavy atom. The summed E-state index contributed by atoms with van der Waals surface area (Å²) in [5, 5.41) is 14.5. The average Bonchev–Trinajstić information content (AvgIpc) is 3.28. The maximum Gasteiger partial charge on any atom is 0.254 e. The molecule has 4 aromatic rings. The Balaban J connectivity index is 1.36. The fourth-order valence-corrected chi connectivity index (χ4v) is 4.20. The second-order valence-corrected chi connectivity index (χ2v) is 8.10. The predicted octanol–water partition coefficient (Wildman–Crippen LogP) is 4.48. The highest BCUT2D eigenvalue weighted by Gasteiger charge is 2.30. The van der Waals surface area contributed by atoms with Crippen molar-refractivity contribution in [3.8, 4) is 17.4 Å². The third-order valence-corrected chi connectivity index (χ3v) is 5.99. The highest BCUT2D eigenvalue weighted by Crippen LogP contribution is 2.30. The number of halogens is 1. The van der Waals surface area contributed by atoms with Gasteiger partial charge in [-0.2, -0.15) is 5.26 Å². The summed E-state index contributed by atoms with van der Waals surface area (Å²) in [6.45, 7) is 2.18. The molecule has 0 N–H and O–H groups in total. The molecule has 1 saturated heterocycles. The lowest BCUT2D eigenvalue weighted by atomic mass is 10.0. The molecular formula is C26H21FN4O2. The van der Waals surface area contributed by atoms with Crippen molar-refractivity contribution < 1.29 is 13.7 Å². The fraction of sp³-hybridized carbons (Fsp3) is 0.192. The first-order chi connectivity index (χ1) is 16.1. The number of carbonyl (C=O) groups is 1. The van der Waals surface area contributed by atoms with Gasteiger partial charge in [-0.3, -0.25) is 9.69 Å². The largest absolute Gasteiger partial charge is 0.355 e. The molecule has 1 amide bonds. The third kappa shape index (κ3) is 4.21. The van der Waals surface area contributed by atoms with E-state index in [1.54, 1.807) is 35.2 Å². The van der Waals surface area contributed by atoms with Crippen molar-refractivity contribution in [1.29, 1.82) is 5.26 Å². The van der Waals surface area contributed by atoms with Crippen LogP contribution in [0.25, 0.3) is 22.2 Å². The number of fused-ring (bicyclic) bond motifs is 1. The number of hydrogen-bond donors (Lipinski definition) is 0. The van der Waals surface area contributed by atoms with Gasteiger partial charge in [0.25, 0.3) is 5.91 Å². The van der Waals surface area contributed by atoms with Gasteiger partial charge >= 0.3 is 0 Å². The van der Waals surface area contributed by atoms with Crippen molar-refractivity contribution in [3.05, 3.63) is 89.7 Å². The van der Waals surface area contributed by atoms with Gasteiger partial charge in [0.1, 0.15) is 17.4 Å². The lowest BCUT2D eigenvalue weighted by Gasteiger charge is -2.38. The minimum Gasteiger partial charge on any atom is -0.355 e. The Labute approximate surface area is 190 Å². The number of amides is 1. The van der Waals surface area contributed by atoms with E-state index in [0.29, 0.717) is 54.0 Å². The van der Waals surface area contributed by atoms with Crippen LogP contribution in [0.4, 0.5) is 4.39 Å². The summed E-state index contributed by atoms with van der Waals surface area (Å²) >= 11 is 0. The highest BCUT2D eigenvalue weighted by molar-refractivity contribution is 6.01. The van der Waals surface area contributed by atoms with Crippen LogP contribution < -0.4 is 0 Å². The summed E-state index contributed by atoms with van der Waals surface area (Å²) < 4.78 is 18.8. The van der Waals surface area contributed by atoms with Gasteiger partial charge in [0, 0.05) is 37.3 Å². The minimum absolute atomic E-state index is 0.136. The van der Waals surface area contributed by atoms with E-state index in [1.165, 1.54) is 12.1 Å². The van der Waals surface area contributed by atoms with Gasteiger partial charge in [0.2, 0.25) is 0 Å². The van der Waals surface area contributed by atoms with E-state index in [1.807, 2.05) is 30.3 Å². The molecule has 0 spiro atoms. The molecule has 164 valence electrons. The number of nitriles is 1. The molecule has 1 aliphatic rings. The molecule has 1 aliphatic heterocycles. The molecule has 6 nitrogen and oxygen atoms in total. The number of piperazine rings is 1. The van der Waals surface area contributed by atoms with Gasteiger partial charge in [-0.05, 0) is 48.0 Å². The van der Waals surface area contributed by atoms with Crippen LogP contribution in [-0.4, -0.2) is 46.5 Å². The normalized spacial score (nSPS) is 16.6. The summed E-state index contributed by atoms with van der Waals surface area (Å²) in [7, 11) is 0. The maximum atomic E-state index is 13.3. The van der Waals surface area contributed by atoms with Gasteiger partial charge < -0.3 is 9.42 Å². The summed E-state index contributed by atoms with van der Waals surface area (Å²) in [6, 6.07) is 23.2. The molecule has 3 aromatic carbocycles. The van der Waals surface area contributed by atoms with E-state index in [9.17, 15) is 14.4 Å². The second-order valence-electron chi connectivity index (χ2n) is 8.10. The van der Waals surface area contributed by atoms with Crippen molar-refractivity contribution in [2.45, 2.75) is 12.6 Å². The number of nitrogens with zero attached hydrogens (tertiary/aromatic N) is 4. The molecule has 1 fully saturated rings. The Morgan fingerprint density at radius 2 is 1.88 bits per heavy atom. The van der Waals surface area contributed by atoms with E-state index >= 15 is 0 Å². The van der Waals surface area contributed by atoms with Gasteiger partial charge in [-0.25, -0.2) is 4.39 Å². The first-order valence-corrected chi connectivity index (χ1v) is 10.7. The topological polar surface area (TPSA) is 73.4 Å². The number of hydrogen-bond acceptors (Lipinski definition) is 5. The lowest BCUT2D eigenvalue weighted by molar-refractivity contribution is 0.0552. The first kappa shape index (κ1) is 20.9. The van der Waals surface area contributed by atoms with Crippen molar-refractivity contribution in [2.75, 3.05) is 19.6 Å². The van der Waals surface area contributed by atoms with Crippen molar-refractivity contribution in [3.63, 3.8) is 0 Å². The predicted molar refractivity (Wildman–Crippen MR) is 122 cm³/mol. The van der Waals surface area contributed by atoms with Crippen LogP contribution in [0.5, 0.6) is 0 Å². The van der Waals surface area contributed by atoms with Crippen molar-refractivity contribution in [1.82, 2.24) is 15.0 Å². The zero-order valence-electron chi connectivity index (χ0n) is 17.8. The minimum atomic E-state index is -0.378. The highest BCUT2D eigenvalue weighted by atomic mass is 19.1. The van der Waals surface area contributed by atoms with Gasteiger partial charge in [0.15, 0.2) is 5.76 Å². The lowest BCUT2D eigenvalue weighted by Crippen LogP contribution is -2.53. The molecule has 0 aliphatic carbocycles. The van der Waals surface area contributed by atoms with Gasteiger partial charge in [0.05, 0.1) is 11.5 Å². The van der Waals surface area contributed by atoms with Crippen LogP contribution in [0.15, 0.2) is 77.3 Å². The molecule has 1 aromatic heterocycles. The van der Waals surface area contributed by atoms with E-state index in [2.05, 4.69) is 16.1 Å². The zero-order chi connectivity index (χ0) is 22.8. The van der Waals surface area contributed by atoms with Crippen LogP contribution in [0, 0.1) is 17.1 Å². The van der Waals surface area contributed by atoms with Crippen molar-refractivity contribution in [2.24, 2.45) is 0 Å². The van der Waals surface area contributed by atoms with E-state index in [-0.39, 0.29) is 17.8 Å². The Hall–Kier alpha value is -4.02. The average molecular weight is 440 g/mol. The number of rotatable bonds is 4. The van der Waals surface area contributed by atoms with E-state index < -0.39 is 0 Å². The first-order valence-electron chi connectivity index (χ1n) is 10.7. The smallest absolute Gasteiger partial charge is 0.254 e. The monoisotopic (exact) mass is 440 g/mol. The molecule has 0 radical (unpaired) electrons. The standard InChI is InChI=1S/C26H21FN4O2/c27-21-9-6-19(7-10-21)25-23-14-20(8-11-24(23)29-33-25)26(32)31-13-12-30(22(15-28)17-31)16-18-4-2-1-3-5-18/h1-11,14,22H,12-13,16-17H2. The number of aromatic nitrogens is 1. The molecule has 1 unspecified atom stereocenters. The van der Waals surface area contributed by atoms with E-state index in [0.717, 1.165) is 5.56 Å². The van der Waals surface area contributed by atoms with Crippen LogP contribution in [0.1, 0.15) is 15.9 Å². The quantitative estimate of drug-likeness (QED) is 0.468. The van der Waals surface area contributed by atoms with Crippen molar-refractivity contribution >= 4 is 16.8 Å². The molecule has 33 heavy (non-hydrogen) atoms. The SMILES string of the molecule is N#CC1CN(C(=O)c2ccc3noc(-c4ccc(F)cc4)c3c2)CCN1Cc1ccccc1. The van der Waals surface area contributed by atoms with Gasteiger partial charge in [-0.15, -0.1) is 0 Å². The third-order valence-electron chi connectivity index (χ3n) is 5.99. The molecule has 7 heteroatoms. The second kappa shape index (κ2) is 8.85. The Bertz CT molecular complexity index is 1330. The molecule has 5 rings (SSSR count).